The van der Waals surface area contributed by atoms with Crippen molar-refractivity contribution in [2.45, 2.75) is 6.73 Å². The fourth-order valence-electron chi connectivity index (χ4n) is 1.02. The van der Waals surface area contributed by atoms with E-state index < -0.39 is 6.57 Å². The van der Waals surface area contributed by atoms with Gasteiger partial charge in [-0.05, 0) is 40.0 Å². The quantitative estimate of drug-likeness (QED) is 0.712. The Kier molecular flexibility index (Phi) is 4.36. The van der Waals surface area contributed by atoms with Crippen LogP contribution in [0.2, 0.25) is 0 Å². The highest BCUT2D eigenvalue weighted by Crippen LogP contribution is 2.50. The van der Waals surface area contributed by atoms with Crippen molar-refractivity contribution in [3.8, 4) is 0 Å². The molecule has 0 saturated carbocycles. The molecule has 0 fully saturated rings. The normalized spacial score (nSPS) is 12.7. The minimum atomic E-state index is -2.09. The molecule has 1 aromatic heterocycles. The molecule has 0 aliphatic heterocycles. The molecule has 6 nitrogen and oxygen atoms in total. The van der Waals surface area contributed by atoms with E-state index in [1.54, 1.807) is 11.0 Å². The van der Waals surface area contributed by atoms with Gasteiger partial charge in [-0.2, -0.15) is 5.10 Å². The van der Waals surface area contributed by atoms with Crippen LogP contribution in [0.1, 0.15) is 0 Å². The molecule has 0 unspecified atom stereocenters. The molecule has 0 saturated heterocycles. The molecule has 0 aromatic carbocycles. The Bertz CT molecular complexity index is 327. The molecule has 15 heavy (non-hydrogen) atoms. The Balaban J connectivity index is 2.65. The molecule has 0 spiro atoms. The Hall–Kier alpha value is -0.330. The van der Waals surface area contributed by atoms with E-state index in [4.69, 9.17) is 16.3 Å². The summed E-state index contributed by atoms with van der Waals surface area (Å²) in [7, 11) is 7.68. The topological polar surface area (TPSA) is 46.4 Å². The van der Waals surface area contributed by atoms with Crippen molar-refractivity contribution in [1.82, 2.24) is 24.1 Å². The number of nitrogens with zero attached hydrogens (tertiary/aromatic N) is 5. The summed E-state index contributed by atoms with van der Waals surface area (Å²) in [5, 5.41) is 3.95. The van der Waals surface area contributed by atoms with E-state index >= 15 is 0 Å². The largest absolute Gasteiger partial charge is 0.303 e. The molecule has 0 atom stereocenters. The molecule has 0 radical (unpaired) electrons. The smallest absolute Gasteiger partial charge is 0.204 e. The van der Waals surface area contributed by atoms with Gasteiger partial charge in [0.2, 0.25) is 6.57 Å². The zero-order valence-electron chi connectivity index (χ0n) is 9.36. The lowest BCUT2D eigenvalue weighted by atomic mass is 11.2. The third kappa shape index (κ3) is 3.06. The number of rotatable bonds is 5. The van der Waals surface area contributed by atoms with Crippen LogP contribution in [0, 0.1) is 0 Å². The van der Waals surface area contributed by atoms with Crippen molar-refractivity contribution in [3.05, 3.63) is 12.7 Å². The van der Waals surface area contributed by atoms with Crippen molar-refractivity contribution in [2.24, 2.45) is 0 Å². The Labute approximate surface area is 95.0 Å². The summed E-state index contributed by atoms with van der Waals surface area (Å²) in [6, 6.07) is 0. The van der Waals surface area contributed by atoms with E-state index in [0.717, 1.165) is 0 Å². The lowest BCUT2D eigenvalue weighted by Gasteiger charge is -2.33. The highest BCUT2D eigenvalue weighted by Gasteiger charge is 2.23. The third-order valence-electron chi connectivity index (χ3n) is 1.84. The van der Waals surface area contributed by atoms with Gasteiger partial charge in [-0.1, -0.05) is 0 Å². The summed E-state index contributed by atoms with van der Waals surface area (Å²) >= 11 is 5.50. The fourth-order valence-corrected chi connectivity index (χ4v) is 2.61. The second kappa shape index (κ2) is 5.14. The second-order valence-corrected chi connectivity index (χ2v) is 7.64. The first-order valence-corrected chi connectivity index (χ1v) is 7.02. The molecule has 8 heteroatoms. The van der Waals surface area contributed by atoms with Crippen LogP contribution < -0.4 is 0 Å². The van der Waals surface area contributed by atoms with Crippen LogP contribution >= 0.6 is 6.57 Å². The molecule has 0 amide bonds. The van der Waals surface area contributed by atoms with Crippen molar-refractivity contribution in [3.63, 3.8) is 0 Å². The highest BCUT2D eigenvalue weighted by atomic mass is 32.5. The summed E-state index contributed by atoms with van der Waals surface area (Å²) < 4.78 is 11.2. The molecule has 1 heterocycles. The minimum absolute atomic E-state index is 0.327. The molecular weight excluding hydrogens is 233 g/mol. The van der Waals surface area contributed by atoms with E-state index in [9.17, 15) is 0 Å². The zero-order chi connectivity index (χ0) is 11.5. The molecule has 0 aliphatic carbocycles. The van der Waals surface area contributed by atoms with Crippen molar-refractivity contribution in [2.75, 3.05) is 28.2 Å². The van der Waals surface area contributed by atoms with Gasteiger partial charge in [0.1, 0.15) is 19.4 Å². The van der Waals surface area contributed by atoms with Crippen molar-refractivity contribution >= 4 is 18.4 Å². The van der Waals surface area contributed by atoms with Gasteiger partial charge in [0, 0.05) is 0 Å². The van der Waals surface area contributed by atoms with Crippen LogP contribution in [-0.4, -0.2) is 52.3 Å². The fraction of sp³-hybridized carbons (Fsp3) is 0.714. The van der Waals surface area contributed by atoms with Gasteiger partial charge < -0.3 is 4.52 Å². The van der Waals surface area contributed by atoms with Crippen LogP contribution in [-0.2, 0) is 23.1 Å². The van der Waals surface area contributed by atoms with Crippen LogP contribution in [0.3, 0.4) is 0 Å². The molecule has 0 N–H and O–H groups in total. The van der Waals surface area contributed by atoms with Crippen LogP contribution in [0.5, 0.6) is 0 Å². The summed E-state index contributed by atoms with van der Waals surface area (Å²) in [6.45, 7) is -1.77. The first-order chi connectivity index (χ1) is 6.97. The van der Waals surface area contributed by atoms with E-state index in [0.29, 0.717) is 6.73 Å². The Morgan fingerprint density at radius 2 is 1.93 bits per heavy atom. The van der Waals surface area contributed by atoms with Gasteiger partial charge >= 0.3 is 0 Å². The summed E-state index contributed by atoms with van der Waals surface area (Å²) in [4.78, 5) is 3.84. The molecule has 0 bridgehead atoms. The number of hydrogen-bond donors (Lipinski definition) is 0. The average molecular weight is 249 g/mol. The lowest BCUT2D eigenvalue weighted by Crippen LogP contribution is -2.23. The number of aromatic nitrogens is 3. The van der Waals surface area contributed by atoms with Crippen molar-refractivity contribution < 1.29 is 4.52 Å². The van der Waals surface area contributed by atoms with Gasteiger partial charge in [0.05, 0.1) is 0 Å². The monoisotopic (exact) mass is 249 g/mol. The SMILES string of the molecule is CN(C)P(=S)(OCn1cncn1)N(C)C. The number of hydrogen-bond acceptors (Lipinski definition) is 4. The van der Waals surface area contributed by atoms with E-state index in [-0.39, 0.29) is 0 Å². The Morgan fingerprint density at radius 3 is 2.33 bits per heavy atom. The van der Waals surface area contributed by atoms with Crippen LogP contribution in [0.15, 0.2) is 12.7 Å². The van der Waals surface area contributed by atoms with E-state index in [1.165, 1.54) is 6.33 Å². The van der Waals surface area contributed by atoms with Gasteiger partial charge in [-0.25, -0.2) is 19.0 Å². The van der Waals surface area contributed by atoms with Gasteiger partial charge in [-0.3, -0.25) is 0 Å². The maximum absolute atomic E-state index is 5.74. The first kappa shape index (κ1) is 12.7. The predicted octanol–water partition coefficient (Wildman–Crippen LogP) is 0.600. The molecular formula is C7H16N5OPS. The minimum Gasteiger partial charge on any atom is -0.303 e. The maximum Gasteiger partial charge on any atom is 0.204 e. The van der Waals surface area contributed by atoms with Gasteiger partial charge in [0.25, 0.3) is 0 Å². The van der Waals surface area contributed by atoms with Gasteiger partial charge in [0.15, 0.2) is 0 Å². The van der Waals surface area contributed by atoms with E-state index in [2.05, 4.69) is 10.1 Å². The standard InChI is InChI=1S/C7H16N5OPS/c1-10(2)14(15,11(3)4)13-7-12-6-8-5-9-12/h5-6H,7H2,1-4H3. The van der Waals surface area contributed by atoms with Gasteiger partial charge in [-0.15, -0.1) is 0 Å². The maximum atomic E-state index is 5.74. The molecule has 86 valence electrons. The third-order valence-corrected chi connectivity index (χ3v) is 6.59. The van der Waals surface area contributed by atoms with Crippen LogP contribution in [0.25, 0.3) is 0 Å². The van der Waals surface area contributed by atoms with Crippen LogP contribution in [0.4, 0.5) is 0 Å². The zero-order valence-corrected chi connectivity index (χ0v) is 11.1. The molecule has 1 aromatic rings. The summed E-state index contributed by atoms with van der Waals surface area (Å²) in [6.07, 6.45) is 3.07. The highest BCUT2D eigenvalue weighted by molar-refractivity contribution is 8.09. The second-order valence-electron chi connectivity index (χ2n) is 3.38. The first-order valence-electron chi connectivity index (χ1n) is 4.39. The molecule has 1 rings (SSSR count). The Morgan fingerprint density at radius 1 is 1.33 bits per heavy atom. The van der Waals surface area contributed by atoms with E-state index in [1.807, 2.05) is 37.5 Å². The average Bonchev–Trinajstić information content (AvgIpc) is 2.65. The van der Waals surface area contributed by atoms with Crippen molar-refractivity contribution in [1.29, 1.82) is 0 Å². The summed E-state index contributed by atoms with van der Waals surface area (Å²) in [5.41, 5.74) is 0. The predicted molar refractivity (Wildman–Crippen MR) is 62.8 cm³/mol. The lowest BCUT2D eigenvalue weighted by molar-refractivity contribution is 0.211. The summed E-state index contributed by atoms with van der Waals surface area (Å²) in [5.74, 6) is 0. The molecule has 0 aliphatic rings.